The molecule has 0 radical (unpaired) electrons. The molecule has 0 saturated heterocycles. The van der Waals surface area contributed by atoms with Gasteiger partial charge in [0.05, 0.1) is 13.2 Å². The SMILES string of the molecule is CCOP(=O)(OCC)OC(CI)c1ccccc1. The molecule has 0 fully saturated rings. The van der Waals surface area contributed by atoms with Crippen LogP contribution in [0.15, 0.2) is 30.3 Å². The van der Waals surface area contributed by atoms with Gasteiger partial charge in [0.15, 0.2) is 0 Å². The quantitative estimate of drug-likeness (QED) is 0.380. The first-order chi connectivity index (χ1) is 8.65. The maximum absolute atomic E-state index is 12.3. The van der Waals surface area contributed by atoms with Crippen LogP contribution in [0.4, 0.5) is 0 Å². The lowest BCUT2D eigenvalue weighted by molar-refractivity contribution is 0.0936. The first-order valence-electron chi connectivity index (χ1n) is 5.83. The van der Waals surface area contributed by atoms with Crippen LogP contribution in [0.3, 0.4) is 0 Å². The Kier molecular flexibility index (Phi) is 7.41. The lowest BCUT2D eigenvalue weighted by Gasteiger charge is -2.22. The van der Waals surface area contributed by atoms with Crippen molar-refractivity contribution in [3.05, 3.63) is 35.9 Å². The Bertz CT molecular complexity index is 375. The van der Waals surface area contributed by atoms with Crippen molar-refractivity contribution in [2.24, 2.45) is 0 Å². The topological polar surface area (TPSA) is 44.8 Å². The van der Waals surface area contributed by atoms with E-state index < -0.39 is 7.82 Å². The molecular weight excluding hydrogens is 366 g/mol. The van der Waals surface area contributed by atoms with E-state index >= 15 is 0 Å². The summed E-state index contributed by atoms with van der Waals surface area (Å²) in [6, 6.07) is 9.64. The number of benzene rings is 1. The predicted molar refractivity (Wildman–Crippen MR) is 80.0 cm³/mol. The maximum atomic E-state index is 12.3. The van der Waals surface area contributed by atoms with E-state index in [2.05, 4.69) is 22.6 Å². The molecule has 1 atom stereocenters. The third-order valence-electron chi connectivity index (χ3n) is 2.14. The van der Waals surface area contributed by atoms with Crippen LogP contribution in [0, 0.1) is 0 Å². The van der Waals surface area contributed by atoms with Crippen LogP contribution < -0.4 is 0 Å². The smallest absolute Gasteiger partial charge is 0.287 e. The van der Waals surface area contributed by atoms with Crippen LogP contribution in [0.25, 0.3) is 0 Å². The van der Waals surface area contributed by atoms with Crippen molar-refractivity contribution < 1.29 is 18.1 Å². The van der Waals surface area contributed by atoms with Crippen molar-refractivity contribution >= 4 is 30.4 Å². The summed E-state index contributed by atoms with van der Waals surface area (Å²) in [5.74, 6) is 0. The van der Waals surface area contributed by atoms with E-state index in [1.807, 2.05) is 30.3 Å². The fraction of sp³-hybridized carbons (Fsp3) is 0.500. The van der Waals surface area contributed by atoms with Gasteiger partial charge in [-0.3, -0.25) is 13.6 Å². The molecule has 0 aliphatic rings. The van der Waals surface area contributed by atoms with E-state index in [0.29, 0.717) is 17.6 Å². The summed E-state index contributed by atoms with van der Waals surface area (Å²) in [5, 5.41) is 0. The van der Waals surface area contributed by atoms with Gasteiger partial charge in [0.1, 0.15) is 6.10 Å². The lowest BCUT2D eigenvalue weighted by atomic mass is 10.1. The highest BCUT2D eigenvalue weighted by molar-refractivity contribution is 14.1. The molecule has 0 aliphatic carbocycles. The molecule has 4 nitrogen and oxygen atoms in total. The molecule has 0 amide bonds. The summed E-state index contributed by atoms with van der Waals surface area (Å²) in [6.07, 6.45) is -0.296. The first-order valence-corrected chi connectivity index (χ1v) is 8.82. The molecule has 0 aliphatic heterocycles. The fourth-order valence-corrected chi connectivity index (χ4v) is 3.73. The molecule has 0 saturated carbocycles. The summed E-state index contributed by atoms with van der Waals surface area (Å²) >= 11 is 2.19. The molecule has 0 bridgehead atoms. The molecule has 1 unspecified atom stereocenters. The number of alkyl halides is 1. The van der Waals surface area contributed by atoms with E-state index in [9.17, 15) is 4.57 Å². The molecular formula is C12H18IO4P. The molecule has 0 aromatic heterocycles. The number of halogens is 1. The lowest BCUT2D eigenvalue weighted by Crippen LogP contribution is -2.08. The van der Waals surface area contributed by atoms with Crippen LogP contribution >= 0.6 is 30.4 Å². The highest BCUT2D eigenvalue weighted by Gasteiger charge is 2.30. The molecule has 6 heteroatoms. The molecule has 0 N–H and O–H groups in total. The summed E-state index contributed by atoms with van der Waals surface area (Å²) in [4.78, 5) is 0. The Labute approximate surface area is 122 Å². The average Bonchev–Trinajstić information content (AvgIpc) is 2.38. The van der Waals surface area contributed by atoms with Crippen molar-refractivity contribution in [2.45, 2.75) is 20.0 Å². The van der Waals surface area contributed by atoms with E-state index in [1.54, 1.807) is 13.8 Å². The normalized spacial score (nSPS) is 13.5. The number of rotatable bonds is 8. The van der Waals surface area contributed by atoms with Gasteiger partial charge < -0.3 is 0 Å². The summed E-state index contributed by atoms with van der Waals surface area (Å²) in [5.41, 5.74) is 0.964. The second-order valence-electron chi connectivity index (χ2n) is 3.44. The zero-order valence-electron chi connectivity index (χ0n) is 10.5. The largest absolute Gasteiger partial charge is 0.475 e. The summed E-state index contributed by atoms with van der Waals surface area (Å²) in [7, 11) is -3.46. The van der Waals surface area contributed by atoms with Gasteiger partial charge in [-0.05, 0) is 19.4 Å². The molecule has 1 aromatic carbocycles. The highest BCUT2D eigenvalue weighted by atomic mass is 127. The molecule has 1 rings (SSSR count). The van der Waals surface area contributed by atoms with Gasteiger partial charge in [0.2, 0.25) is 0 Å². The second-order valence-corrected chi connectivity index (χ2v) is 5.94. The van der Waals surface area contributed by atoms with Gasteiger partial charge in [-0.15, -0.1) is 0 Å². The number of hydrogen-bond acceptors (Lipinski definition) is 4. The van der Waals surface area contributed by atoms with E-state index in [-0.39, 0.29) is 6.10 Å². The summed E-state index contributed by atoms with van der Waals surface area (Å²) < 4.78 is 28.8. The standard InChI is InChI=1S/C12H18IO4P/c1-3-15-18(14,16-4-2)17-12(10-13)11-8-6-5-7-9-11/h5-9,12H,3-4,10H2,1-2H3. The molecule has 1 aromatic rings. The van der Waals surface area contributed by atoms with Crippen molar-refractivity contribution in [3.8, 4) is 0 Å². The van der Waals surface area contributed by atoms with Gasteiger partial charge in [-0.25, -0.2) is 4.57 Å². The molecule has 102 valence electrons. The Morgan fingerprint density at radius 1 is 1.17 bits per heavy atom. The van der Waals surface area contributed by atoms with Crippen molar-refractivity contribution in [3.63, 3.8) is 0 Å². The van der Waals surface area contributed by atoms with Crippen LogP contribution in [0.1, 0.15) is 25.5 Å². The Morgan fingerprint density at radius 3 is 2.17 bits per heavy atom. The van der Waals surface area contributed by atoms with Crippen molar-refractivity contribution in [2.75, 3.05) is 17.6 Å². The molecule has 0 heterocycles. The minimum Gasteiger partial charge on any atom is -0.287 e. The van der Waals surface area contributed by atoms with E-state index in [1.165, 1.54) is 0 Å². The molecule has 18 heavy (non-hydrogen) atoms. The zero-order valence-corrected chi connectivity index (χ0v) is 13.6. The van der Waals surface area contributed by atoms with Crippen LogP contribution in [-0.4, -0.2) is 17.6 Å². The Hall–Kier alpha value is 0.0600. The first kappa shape index (κ1) is 16.1. The number of hydrogen-bond donors (Lipinski definition) is 0. The highest BCUT2D eigenvalue weighted by Crippen LogP contribution is 2.53. The number of phosphoric acid groups is 1. The van der Waals surface area contributed by atoms with Crippen LogP contribution in [0.5, 0.6) is 0 Å². The van der Waals surface area contributed by atoms with Gasteiger partial charge in [-0.1, -0.05) is 52.9 Å². The average molecular weight is 384 g/mol. The maximum Gasteiger partial charge on any atom is 0.475 e. The van der Waals surface area contributed by atoms with Gasteiger partial charge in [0.25, 0.3) is 0 Å². The zero-order chi connectivity index (χ0) is 13.4. The monoisotopic (exact) mass is 384 g/mol. The Balaban J connectivity index is 2.80. The number of phosphoric ester groups is 1. The third-order valence-corrected chi connectivity index (χ3v) is 4.60. The van der Waals surface area contributed by atoms with Crippen molar-refractivity contribution in [1.82, 2.24) is 0 Å². The van der Waals surface area contributed by atoms with Gasteiger partial charge in [-0.2, -0.15) is 0 Å². The van der Waals surface area contributed by atoms with Crippen LogP contribution in [0.2, 0.25) is 0 Å². The van der Waals surface area contributed by atoms with Crippen molar-refractivity contribution in [1.29, 1.82) is 0 Å². The summed E-state index contributed by atoms with van der Waals surface area (Å²) in [6.45, 7) is 4.10. The third kappa shape index (κ3) is 4.97. The fourth-order valence-electron chi connectivity index (χ4n) is 1.42. The van der Waals surface area contributed by atoms with Gasteiger partial charge >= 0.3 is 7.82 Å². The minimum atomic E-state index is -3.46. The second kappa shape index (κ2) is 8.27. The van der Waals surface area contributed by atoms with Gasteiger partial charge in [0, 0.05) is 4.43 Å². The van der Waals surface area contributed by atoms with E-state index in [4.69, 9.17) is 13.6 Å². The predicted octanol–water partition coefficient (Wildman–Crippen LogP) is 4.36. The minimum absolute atomic E-state index is 0.292. The Morgan fingerprint density at radius 2 is 1.72 bits per heavy atom. The van der Waals surface area contributed by atoms with E-state index in [0.717, 1.165) is 5.56 Å². The van der Waals surface area contributed by atoms with Crippen LogP contribution in [-0.2, 0) is 18.1 Å². The molecule has 0 spiro atoms.